The summed E-state index contributed by atoms with van der Waals surface area (Å²) in [5.74, 6) is -0.144. The Bertz CT molecular complexity index is 1070. The van der Waals surface area contributed by atoms with Crippen molar-refractivity contribution < 1.29 is 4.79 Å². The van der Waals surface area contributed by atoms with Crippen LogP contribution < -0.4 is 5.43 Å². The molecule has 1 heterocycles. The molecule has 1 atom stereocenters. The number of hydrogen-bond donors (Lipinski definition) is 1. The van der Waals surface area contributed by atoms with E-state index in [0.717, 1.165) is 27.5 Å². The highest BCUT2D eigenvalue weighted by atomic mass is 35.5. The fourth-order valence-corrected chi connectivity index (χ4v) is 4.41. The van der Waals surface area contributed by atoms with E-state index < -0.39 is 0 Å². The summed E-state index contributed by atoms with van der Waals surface area (Å²) in [6.07, 6.45) is 1.71. The van der Waals surface area contributed by atoms with Crippen LogP contribution in [0.1, 0.15) is 35.0 Å². The Hall–Kier alpha value is -2.50. The molecule has 3 aromatic rings. The van der Waals surface area contributed by atoms with Gasteiger partial charge in [-0.1, -0.05) is 17.7 Å². The predicted octanol–water partition coefficient (Wildman–Crippen LogP) is 6.00. The van der Waals surface area contributed by atoms with Crippen molar-refractivity contribution in [1.82, 2.24) is 9.99 Å². The molecule has 0 unspecified atom stereocenters. The number of aromatic nitrogens is 1. The van der Waals surface area contributed by atoms with Crippen LogP contribution in [-0.2, 0) is 4.79 Å². The number of hydrogen-bond acceptors (Lipinski definition) is 3. The third-order valence-electron chi connectivity index (χ3n) is 4.81. The SMILES string of the molecule is Cc1cc(C)cc(-n2c(C)cc(/C=N\NC(=O)[C@H](C)Sc3ccc(Cl)cc3)c2C)c1. The molecule has 0 aliphatic carbocycles. The predicted molar refractivity (Wildman–Crippen MR) is 127 cm³/mol. The van der Waals surface area contributed by atoms with Crippen molar-refractivity contribution in [2.75, 3.05) is 0 Å². The van der Waals surface area contributed by atoms with Crippen molar-refractivity contribution >= 4 is 35.5 Å². The Balaban J connectivity index is 1.69. The Morgan fingerprint density at radius 1 is 1.07 bits per heavy atom. The van der Waals surface area contributed by atoms with Crippen molar-refractivity contribution in [3.05, 3.63) is 81.6 Å². The molecular formula is C24H26ClN3OS. The van der Waals surface area contributed by atoms with Gasteiger partial charge in [-0.2, -0.15) is 5.10 Å². The van der Waals surface area contributed by atoms with E-state index in [9.17, 15) is 4.79 Å². The van der Waals surface area contributed by atoms with Crippen LogP contribution >= 0.6 is 23.4 Å². The minimum Gasteiger partial charge on any atom is -0.318 e. The van der Waals surface area contributed by atoms with Gasteiger partial charge in [0.05, 0.1) is 11.5 Å². The molecule has 0 radical (unpaired) electrons. The van der Waals surface area contributed by atoms with Gasteiger partial charge in [-0.25, -0.2) is 5.43 Å². The Morgan fingerprint density at radius 2 is 1.70 bits per heavy atom. The summed E-state index contributed by atoms with van der Waals surface area (Å²) in [7, 11) is 0. The molecule has 0 bridgehead atoms. The first kappa shape index (κ1) is 22.2. The van der Waals surface area contributed by atoms with Gasteiger partial charge in [0.1, 0.15) is 0 Å². The lowest BCUT2D eigenvalue weighted by Crippen LogP contribution is -2.26. The van der Waals surface area contributed by atoms with Gasteiger partial charge >= 0.3 is 0 Å². The molecule has 0 fully saturated rings. The summed E-state index contributed by atoms with van der Waals surface area (Å²) in [5.41, 5.74) is 9.43. The van der Waals surface area contributed by atoms with E-state index in [4.69, 9.17) is 11.6 Å². The van der Waals surface area contributed by atoms with Crippen LogP contribution in [-0.4, -0.2) is 21.9 Å². The monoisotopic (exact) mass is 439 g/mol. The summed E-state index contributed by atoms with van der Waals surface area (Å²) < 4.78 is 2.21. The van der Waals surface area contributed by atoms with Crippen molar-refractivity contribution in [3.63, 3.8) is 0 Å². The standard InChI is InChI=1S/C24H26ClN3OS/c1-15-10-16(2)12-22(11-15)28-17(3)13-20(18(28)4)14-26-27-24(29)19(5)30-23-8-6-21(25)7-9-23/h6-14,19H,1-5H3,(H,27,29)/b26-14-/t19-/m0/s1. The van der Waals surface area contributed by atoms with Crippen LogP contribution in [0, 0.1) is 27.7 Å². The quantitative estimate of drug-likeness (QED) is 0.291. The normalized spacial score (nSPS) is 12.3. The van der Waals surface area contributed by atoms with E-state index in [-0.39, 0.29) is 11.2 Å². The summed E-state index contributed by atoms with van der Waals surface area (Å²) in [4.78, 5) is 13.4. The minimum atomic E-state index is -0.272. The lowest BCUT2D eigenvalue weighted by molar-refractivity contribution is -0.120. The van der Waals surface area contributed by atoms with Gasteiger partial charge in [-0.05, 0) is 88.2 Å². The third kappa shape index (κ3) is 5.35. The highest BCUT2D eigenvalue weighted by Crippen LogP contribution is 2.25. The van der Waals surface area contributed by atoms with Crippen molar-refractivity contribution in [2.45, 2.75) is 44.8 Å². The zero-order valence-corrected chi connectivity index (χ0v) is 19.4. The minimum absolute atomic E-state index is 0.144. The molecule has 1 amide bonds. The number of nitrogens with zero attached hydrogens (tertiary/aromatic N) is 2. The highest BCUT2D eigenvalue weighted by molar-refractivity contribution is 8.00. The molecule has 6 heteroatoms. The Kier molecular flexibility index (Phi) is 7.06. The van der Waals surface area contributed by atoms with Crippen molar-refractivity contribution in [3.8, 4) is 5.69 Å². The molecule has 1 N–H and O–H groups in total. The number of aryl methyl sites for hydroxylation is 3. The first-order valence-electron chi connectivity index (χ1n) is 9.77. The van der Waals surface area contributed by atoms with Gasteiger partial charge < -0.3 is 4.57 Å². The van der Waals surface area contributed by atoms with E-state index in [0.29, 0.717) is 5.02 Å². The van der Waals surface area contributed by atoms with Crippen LogP contribution in [0.3, 0.4) is 0 Å². The van der Waals surface area contributed by atoms with Gasteiger partial charge in [0.25, 0.3) is 5.91 Å². The lowest BCUT2D eigenvalue weighted by Gasteiger charge is -2.12. The molecular weight excluding hydrogens is 414 g/mol. The Labute approximate surface area is 187 Å². The fraction of sp³-hybridized carbons (Fsp3) is 0.250. The summed E-state index contributed by atoms with van der Waals surface area (Å²) >= 11 is 7.38. The van der Waals surface area contributed by atoms with Gasteiger partial charge in [0.15, 0.2) is 0 Å². The number of rotatable bonds is 6. The van der Waals surface area contributed by atoms with Crippen LogP contribution in [0.15, 0.2) is 58.5 Å². The molecule has 30 heavy (non-hydrogen) atoms. The average Bonchev–Trinajstić information content (AvgIpc) is 2.96. The number of benzene rings is 2. The van der Waals surface area contributed by atoms with Crippen LogP contribution in [0.2, 0.25) is 5.02 Å². The maximum Gasteiger partial charge on any atom is 0.253 e. The molecule has 156 valence electrons. The van der Waals surface area contributed by atoms with Crippen LogP contribution in [0.25, 0.3) is 5.69 Å². The number of thioether (sulfide) groups is 1. The fourth-order valence-electron chi connectivity index (χ4n) is 3.42. The molecule has 0 saturated heterocycles. The van der Waals surface area contributed by atoms with Gasteiger partial charge in [-0.3, -0.25) is 4.79 Å². The van der Waals surface area contributed by atoms with Crippen LogP contribution in [0.4, 0.5) is 0 Å². The van der Waals surface area contributed by atoms with Gasteiger partial charge in [-0.15, -0.1) is 11.8 Å². The average molecular weight is 440 g/mol. The number of nitrogens with one attached hydrogen (secondary N) is 1. The maximum atomic E-state index is 12.4. The molecule has 2 aromatic carbocycles. The van der Waals surface area contributed by atoms with E-state index in [1.165, 1.54) is 22.9 Å². The first-order chi connectivity index (χ1) is 14.2. The maximum absolute atomic E-state index is 12.4. The Morgan fingerprint density at radius 3 is 2.33 bits per heavy atom. The molecule has 1 aromatic heterocycles. The van der Waals surface area contributed by atoms with Crippen LogP contribution in [0.5, 0.6) is 0 Å². The summed E-state index contributed by atoms with van der Waals surface area (Å²) in [5, 5.41) is 4.60. The van der Waals surface area contributed by atoms with E-state index in [2.05, 4.69) is 67.1 Å². The molecule has 0 spiro atoms. The number of carbonyl (C=O) groups excluding carboxylic acids is 1. The summed E-state index contributed by atoms with van der Waals surface area (Å²) in [6, 6.07) is 16.0. The van der Waals surface area contributed by atoms with E-state index in [1.807, 2.05) is 31.2 Å². The first-order valence-corrected chi connectivity index (χ1v) is 11.0. The molecule has 0 saturated carbocycles. The topological polar surface area (TPSA) is 46.4 Å². The number of carbonyl (C=O) groups is 1. The lowest BCUT2D eigenvalue weighted by atomic mass is 10.1. The second-order valence-electron chi connectivity index (χ2n) is 7.46. The third-order valence-corrected chi connectivity index (χ3v) is 6.17. The van der Waals surface area contributed by atoms with Gasteiger partial charge in [0, 0.05) is 32.6 Å². The molecule has 0 aliphatic rings. The zero-order valence-electron chi connectivity index (χ0n) is 17.9. The van der Waals surface area contributed by atoms with Gasteiger partial charge in [0.2, 0.25) is 0 Å². The number of hydrazone groups is 1. The zero-order chi connectivity index (χ0) is 21.8. The smallest absolute Gasteiger partial charge is 0.253 e. The molecule has 3 rings (SSSR count). The van der Waals surface area contributed by atoms with Crippen molar-refractivity contribution in [1.29, 1.82) is 0 Å². The molecule has 4 nitrogen and oxygen atoms in total. The number of amides is 1. The molecule has 0 aliphatic heterocycles. The number of halogens is 1. The van der Waals surface area contributed by atoms with E-state index >= 15 is 0 Å². The van der Waals surface area contributed by atoms with E-state index in [1.54, 1.807) is 6.21 Å². The van der Waals surface area contributed by atoms with Crippen molar-refractivity contribution in [2.24, 2.45) is 5.10 Å². The largest absolute Gasteiger partial charge is 0.318 e. The summed E-state index contributed by atoms with van der Waals surface area (Å²) in [6.45, 7) is 10.2. The highest BCUT2D eigenvalue weighted by Gasteiger charge is 2.14. The second kappa shape index (κ2) is 9.54. The second-order valence-corrected chi connectivity index (χ2v) is 9.31.